The molecular formula is C19H18F2N6. The molecule has 0 radical (unpaired) electrons. The standard InChI is InChI=1S/C19H18F2N6/c20-13-2-3-14(24-9-13)10-27-18-7-12(8-22)1-4-17(18)25-19(27)26-6-5-15(21)16(23)11-26/h1-4,7,9,15-16H,5-6,10-11,23H2/t15-,16-/m1/s1. The summed E-state index contributed by atoms with van der Waals surface area (Å²) in [6.07, 6.45) is 0.477. The second-order valence-corrected chi connectivity index (χ2v) is 6.70. The average Bonchev–Trinajstić information content (AvgIpc) is 3.03. The Balaban J connectivity index is 1.79. The summed E-state index contributed by atoms with van der Waals surface area (Å²) >= 11 is 0. The number of nitrogens with zero attached hydrogens (tertiary/aromatic N) is 5. The molecule has 4 rings (SSSR count). The van der Waals surface area contributed by atoms with Crippen molar-refractivity contribution < 1.29 is 8.78 Å². The number of imidazole rings is 1. The average molecular weight is 368 g/mol. The smallest absolute Gasteiger partial charge is 0.206 e. The maximum absolute atomic E-state index is 13.8. The van der Waals surface area contributed by atoms with Crippen molar-refractivity contribution in [2.24, 2.45) is 5.73 Å². The first-order chi connectivity index (χ1) is 13.0. The van der Waals surface area contributed by atoms with Gasteiger partial charge >= 0.3 is 0 Å². The van der Waals surface area contributed by atoms with Gasteiger partial charge in [0.15, 0.2) is 0 Å². The van der Waals surface area contributed by atoms with Gasteiger partial charge in [-0.2, -0.15) is 5.26 Å². The lowest BCUT2D eigenvalue weighted by atomic mass is 10.1. The molecular weight excluding hydrogens is 350 g/mol. The van der Waals surface area contributed by atoms with Crippen LogP contribution in [-0.2, 0) is 6.54 Å². The fourth-order valence-corrected chi connectivity index (χ4v) is 3.37. The lowest BCUT2D eigenvalue weighted by molar-refractivity contribution is 0.243. The van der Waals surface area contributed by atoms with Gasteiger partial charge in [0, 0.05) is 13.1 Å². The van der Waals surface area contributed by atoms with Crippen LogP contribution in [0.25, 0.3) is 11.0 Å². The first kappa shape index (κ1) is 17.4. The van der Waals surface area contributed by atoms with E-state index in [1.165, 1.54) is 12.3 Å². The molecule has 0 saturated carbocycles. The number of alkyl halides is 1. The zero-order valence-corrected chi connectivity index (χ0v) is 14.5. The maximum atomic E-state index is 13.8. The van der Waals surface area contributed by atoms with E-state index in [2.05, 4.69) is 16.0 Å². The quantitative estimate of drug-likeness (QED) is 0.767. The first-order valence-electron chi connectivity index (χ1n) is 8.70. The van der Waals surface area contributed by atoms with Gasteiger partial charge in [-0.05, 0) is 36.8 Å². The lowest BCUT2D eigenvalue weighted by Gasteiger charge is -2.34. The summed E-state index contributed by atoms with van der Waals surface area (Å²) in [6.45, 7) is 1.21. The van der Waals surface area contributed by atoms with Gasteiger partial charge in [0.2, 0.25) is 5.95 Å². The Morgan fingerprint density at radius 3 is 2.85 bits per heavy atom. The Hall–Kier alpha value is -3.05. The van der Waals surface area contributed by atoms with Gasteiger partial charge in [0.05, 0.1) is 47.1 Å². The van der Waals surface area contributed by atoms with Crippen LogP contribution in [0.3, 0.4) is 0 Å². The Kier molecular flexibility index (Phi) is 4.46. The van der Waals surface area contributed by atoms with Gasteiger partial charge in [0.1, 0.15) is 12.0 Å². The topological polar surface area (TPSA) is 83.8 Å². The van der Waals surface area contributed by atoms with Gasteiger partial charge in [-0.3, -0.25) is 4.98 Å². The van der Waals surface area contributed by atoms with E-state index in [0.29, 0.717) is 43.3 Å². The largest absolute Gasteiger partial charge is 0.340 e. The Bertz CT molecular complexity index is 1010. The third-order valence-electron chi connectivity index (χ3n) is 4.82. The van der Waals surface area contributed by atoms with E-state index in [0.717, 1.165) is 11.0 Å². The zero-order valence-electron chi connectivity index (χ0n) is 14.5. The Morgan fingerprint density at radius 2 is 2.15 bits per heavy atom. The van der Waals surface area contributed by atoms with Crippen LogP contribution >= 0.6 is 0 Å². The number of aromatic nitrogens is 3. The van der Waals surface area contributed by atoms with Gasteiger partial charge in [-0.15, -0.1) is 0 Å². The predicted molar refractivity (Wildman–Crippen MR) is 97.4 cm³/mol. The highest BCUT2D eigenvalue weighted by Crippen LogP contribution is 2.27. The summed E-state index contributed by atoms with van der Waals surface area (Å²) in [5.74, 6) is 0.241. The van der Waals surface area contributed by atoms with Gasteiger partial charge < -0.3 is 15.2 Å². The van der Waals surface area contributed by atoms with Crippen molar-refractivity contribution in [1.29, 1.82) is 5.26 Å². The summed E-state index contributed by atoms with van der Waals surface area (Å²) in [7, 11) is 0. The second kappa shape index (κ2) is 6.93. The molecule has 1 fully saturated rings. The molecule has 0 bridgehead atoms. The molecule has 6 nitrogen and oxygen atoms in total. The number of rotatable bonds is 3. The third-order valence-corrected chi connectivity index (χ3v) is 4.82. The molecule has 2 N–H and O–H groups in total. The highest BCUT2D eigenvalue weighted by molar-refractivity contribution is 5.80. The highest BCUT2D eigenvalue weighted by atomic mass is 19.1. The minimum atomic E-state index is -1.02. The molecule has 2 aromatic heterocycles. The van der Waals surface area contributed by atoms with Crippen LogP contribution in [-0.4, -0.2) is 39.8 Å². The molecule has 1 aliphatic heterocycles. The van der Waals surface area contributed by atoms with Gasteiger partial charge in [-0.1, -0.05) is 0 Å². The molecule has 1 saturated heterocycles. The number of anilines is 1. The summed E-state index contributed by atoms with van der Waals surface area (Å²) < 4.78 is 28.9. The fourth-order valence-electron chi connectivity index (χ4n) is 3.37. The Morgan fingerprint density at radius 1 is 1.30 bits per heavy atom. The van der Waals surface area contributed by atoms with Crippen molar-refractivity contribution in [2.45, 2.75) is 25.2 Å². The predicted octanol–water partition coefficient (Wildman–Crippen LogP) is 2.37. The van der Waals surface area contributed by atoms with E-state index < -0.39 is 18.0 Å². The summed E-state index contributed by atoms with van der Waals surface area (Å²) in [4.78, 5) is 10.8. The summed E-state index contributed by atoms with van der Waals surface area (Å²) in [6, 6.07) is 9.77. The molecule has 0 amide bonds. The number of hydrogen-bond acceptors (Lipinski definition) is 5. The number of nitriles is 1. The van der Waals surface area contributed by atoms with E-state index in [-0.39, 0.29) is 0 Å². The monoisotopic (exact) mass is 368 g/mol. The number of pyridine rings is 1. The number of halogens is 2. The van der Waals surface area contributed by atoms with Crippen LogP contribution in [0, 0.1) is 17.1 Å². The zero-order chi connectivity index (χ0) is 19.0. The fraction of sp³-hybridized carbons (Fsp3) is 0.316. The lowest BCUT2D eigenvalue weighted by Crippen LogP contribution is -2.50. The number of piperidine rings is 1. The van der Waals surface area contributed by atoms with Crippen LogP contribution in [0.2, 0.25) is 0 Å². The molecule has 0 aliphatic carbocycles. The molecule has 27 heavy (non-hydrogen) atoms. The van der Waals surface area contributed by atoms with Crippen molar-refractivity contribution in [2.75, 3.05) is 18.0 Å². The second-order valence-electron chi connectivity index (χ2n) is 6.70. The van der Waals surface area contributed by atoms with E-state index >= 15 is 0 Å². The molecule has 0 unspecified atom stereocenters. The highest BCUT2D eigenvalue weighted by Gasteiger charge is 2.29. The number of nitrogens with two attached hydrogens (primary N) is 1. The van der Waals surface area contributed by atoms with E-state index in [4.69, 9.17) is 5.73 Å². The van der Waals surface area contributed by atoms with Crippen LogP contribution < -0.4 is 10.6 Å². The van der Waals surface area contributed by atoms with Crippen molar-refractivity contribution in [1.82, 2.24) is 14.5 Å². The summed E-state index contributed by atoms with van der Waals surface area (Å²) in [5.41, 5.74) is 8.58. The molecule has 2 atom stereocenters. The molecule has 3 heterocycles. The number of benzene rings is 1. The molecule has 1 aromatic carbocycles. The molecule has 0 spiro atoms. The number of fused-ring (bicyclic) bond motifs is 1. The van der Waals surface area contributed by atoms with E-state index in [1.54, 1.807) is 24.3 Å². The number of hydrogen-bond donors (Lipinski definition) is 1. The third kappa shape index (κ3) is 3.34. The SMILES string of the molecule is N#Cc1ccc2nc(N3CC[C@@H](F)[C@H](N)C3)n(Cc3ccc(F)cn3)c2c1. The van der Waals surface area contributed by atoms with Gasteiger partial charge in [0.25, 0.3) is 0 Å². The molecule has 1 aliphatic rings. The molecule has 3 aromatic rings. The van der Waals surface area contributed by atoms with E-state index in [1.807, 2.05) is 9.47 Å². The molecule has 8 heteroatoms. The van der Waals surface area contributed by atoms with Crippen molar-refractivity contribution >= 4 is 17.0 Å². The van der Waals surface area contributed by atoms with Crippen LogP contribution in [0.5, 0.6) is 0 Å². The summed E-state index contributed by atoms with van der Waals surface area (Å²) in [5, 5.41) is 9.23. The van der Waals surface area contributed by atoms with Crippen molar-refractivity contribution in [3.8, 4) is 6.07 Å². The minimum absolute atomic E-state index is 0.336. The van der Waals surface area contributed by atoms with Crippen LogP contribution in [0.1, 0.15) is 17.7 Å². The minimum Gasteiger partial charge on any atom is -0.340 e. The van der Waals surface area contributed by atoms with Crippen LogP contribution in [0.4, 0.5) is 14.7 Å². The van der Waals surface area contributed by atoms with E-state index in [9.17, 15) is 14.0 Å². The maximum Gasteiger partial charge on any atom is 0.206 e. The van der Waals surface area contributed by atoms with Crippen molar-refractivity contribution in [3.05, 3.63) is 53.6 Å². The Labute approximate surface area is 154 Å². The van der Waals surface area contributed by atoms with Crippen molar-refractivity contribution in [3.63, 3.8) is 0 Å². The van der Waals surface area contributed by atoms with Crippen LogP contribution in [0.15, 0.2) is 36.5 Å². The molecule has 138 valence electrons. The normalized spacial score (nSPS) is 20.0. The van der Waals surface area contributed by atoms with Gasteiger partial charge in [-0.25, -0.2) is 13.8 Å². The first-order valence-corrected chi connectivity index (χ1v) is 8.70.